The standard InChI is InChI=1S/C44H30O/c1-3-33-34(4-2)42(37-23-12-11-22-36(37)41(33)32-21-15-20-31(28-32)29-16-7-5-8-17-29)39-27-26-35(30-18-9-6-10-19-30)44-43(39)38-24-13-14-25-40(38)45-44/h3-28H,1-2H2. The first-order valence-electron chi connectivity index (χ1n) is 15.3. The highest BCUT2D eigenvalue weighted by Crippen LogP contribution is 2.48. The summed E-state index contributed by atoms with van der Waals surface area (Å²) in [5, 5.41) is 4.54. The Labute approximate surface area is 263 Å². The molecule has 0 spiro atoms. The maximum absolute atomic E-state index is 6.64. The highest BCUT2D eigenvalue weighted by molar-refractivity contribution is 6.21. The highest BCUT2D eigenvalue weighted by atomic mass is 16.3. The van der Waals surface area contributed by atoms with E-state index in [0.29, 0.717) is 0 Å². The van der Waals surface area contributed by atoms with Gasteiger partial charge in [-0.3, -0.25) is 0 Å². The zero-order valence-corrected chi connectivity index (χ0v) is 24.8. The fraction of sp³-hybridized carbons (Fsp3) is 0. The number of furan rings is 1. The Morgan fingerprint density at radius 2 is 0.956 bits per heavy atom. The van der Waals surface area contributed by atoms with Crippen LogP contribution in [0.25, 0.3) is 89.4 Å². The van der Waals surface area contributed by atoms with E-state index in [1.165, 1.54) is 16.5 Å². The monoisotopic (exact) mass is 574 g/mol. The molecule has 212 valence electrons. The number of hydrogen-bond donors (Lipinski definition) is 0. The van der Waals surface area contributed by atoms with E-state index in [2.05, 4.69) is 147 Å². The molecule has 8 rings (SSSR count). The third-order valence-corrected chi connectivity index (χ3v) is 8.84. The van der Waals surface area contributed by atoms with Crippen molar-refractivity contribution in [2.45, 2.75) is 0 Å². The van der Waals surface area contributed by atoms with Crippen molar-refractivity contribution in [1.82, 2.24) is 0 Å². The van der Waals surface area contributed by atoms with Crippen molar-refractivity contribution in [2.24, 2.45) is 0 Å². The Hall–Kier alpha value is -5.92. The van der Waals surface area contributed by atoms with Crippen LogP contribution in [0.15, 0.2) is 163 Å². The maximum Gasteiger partial charge on any atom is 0.143 e. The topological polar surface area (TPSA) is 13.1 Å². The van der Waals surface area contributed by atoms with E-state index >= 15 is 0 Å². The molecule has 0 aliphatic heterocycles. The van der Waals surface area contributed by atoms with Gasteiger partial charge in [-0.2, -0.15) is 0 Å². The van der Waals surface area contributed by atoms with Crippen LogP contribution in [0.3, 0.4) is 0 Å². The lowest BCUT2D eigenvalue weighted by atomic mass is 9.82. The SMILES string of the molecule is C=Cc1c(C=C)c(-c2ccc(-c3ccccc3)c3oc4ccccc4c23)c2ccccc2c1-c1cccc(-c2ccccc2)c1. The van der Waals surface area contributed by atoms with Gasteiger partial charge in [-0.15, -0.1) is 0 Å². The minimum atomic E-state index is 0.875. The Kier molecular flexibility index (Phi) is 6.51. The van der Waals surface area contributed by atoms with Gasteiger partial charge >= 0.3 is 0 Å². The summed E-state index contributed by atoms with van der Waals surface area (Å²) >= 11 is 0. The first kappa shape index (κ1) is 26.7. The number of hydrogen-bond acceptors (Lipinski definition) is 1. The van der Waals surface area contributed by atoms with Gasteiger partial charge < -0.3 is 4.42 Å². The first-order chi connectivity index (χ1) is 22.3. The molecule has 0 saturated carbocycles. The van der Waals surface area contributed by atoms with Crippen LogP contribution in [-0.2, 0) is 0 Å². The zero-order chi connectivity index (χ0) is 30.3. The van der Waals surface area contributed by atoms with E-state index in [9.17, 15) is 0 Å². The summed E-state index contributed by atoms with van der Waals surface area (Å²) in [6.07, 6.45) is 3.98. The molecule has 0 bridgehead atoms. The third-order valence-electron chi connectivity index (χ3n) is 8.84. The molecule has 45 heavy (non-hydrogen) atoms. The quantitative estimate of drug-likeness (QED) is 0.192. The minimum absolute atomic E-state index is 0.875. The van der Waals surface area contributed by atoms with E-state index in [1.54, 1.807) is 0 Å². The molecule has 0 amide bonds. The van der Waals surface area contributed by atoms with Crippen molar-refractivity contribution in [3.05, 3.63) is 170 Å². The summed E-state index contributed by atoms with van der Waals surface area (Å²) < 4.78 is 6.64. The fourth-order valence-corrected chi connectivity index (χ4v) is 6.87. The molecule has 1 nitrogen and oxygen atoms in total. The Morgan fingerprint density at radius 3 is 1.67 bits per heavy atom. The van der Waals surface area contributed by atoms with Crippen LogP contribution in [0.1, 0.15) is 11.1 Å². The van der Waals surface area contributed by atoms with Crippen molar-refractivity contribution < 1.29 is 4.42 Å². The Bertz CT molecular complexity index is 2390. The van der Waals surface area contributed by atoms with Crippen molar-refractivity contribution in [3.8, 4) is 44.5 Å². The van der Waals surface area contributed by atoms with Crippen LogP contribution in [0.5, 0.6) is 0 Å². The van der Waals surface area contributed by atoms with Crippen LogP contribution >= 0.6 is 0 Å². The molecule has 0 aliphatic carbocycles. The molecule has 1 heteroatoms. The normalized spacial score (nSPS) is 11.3. The lowest BCUT2D eigenvalue weighted by Crippen LogP contribution is -1.97. The number of para-hydroxylation sites is 1. The van der Waals surface area contributed by atoms with Crippen LogP contribution in [0, 0.1) is 0 Å². The lowest BCUT2D eigenvalue weighted by molar-refractivity contribution is 0.670. The summed E-state index contributed by atoms with van der Waals surface area (Å²) in [4.78, 5) is 0. The van der Waals surface area contributed by atoms with Crippen LogP contribution in [0.4, 0.5) is 0 Å². The van der Waals surface area contributed by atoms with Gasteiger partial charge in [0.1, 0.15) is 11.2 Å². The van der Waals surface area contributed by atoms with Gasteiger partial charge in [0.25, 0.3) is 0 Å². The van der Waals surface area contributed by atoms with E-state index in [0.717, 1.165) is 71.8 Å². The second kappa shape index (κ2) is 11.0. The molecule has 0 atom stereocenters. The predicted octanol–water partition coefficient (Wildman–Crippen LogP) is 12.7. The summed E-state index contributed by atoms with van der Waals surface area (Å²) in [5.41, 5.74) is 13.0. The molecular formula is C44H30O. The maximum atomic E-state index is 6.64. The summed E-state index contributed by atoms with van der Waals surface area (Å²) in [6, 6.07) is 51.3. The van der Waals surface area contributed by atoms with E-state index in [4.69, 9.17) is 4.42 Å². The lowest BCUT2D eigenvalue weighted by Gasteiger charge is -2.21. The average molecular weight is 575 g/mol. The second-order valence-electron chi connectivity index (χ2n) is 11.3. The molecule has 1 heterocycles. The predicted molar refractivity (Wildman–Crippen MR) is 193 cm³/mol. The average Bonchev–Trinajstić information content (AvgIpc) is 3.51. The van der Waals surface area contributed by atoms with Crippen LogP contribution < -0.4 is 0 Å². The summed E-state index contributed by atoms with van der Waals surface area (Å²) in [7, 11) is 0. The minimum Gasteiger partial charge on any atom is -0.455 e. The Balaban J connectivity index is 1.47. The van der Waals surface area contributed by atoms with Gasteiger partial charge in [-0.25, -0.2) is 0 Å². The van der Waals surface area contributed by atoms with Gasteiger partial charge in [-0.1, -0.05) is 153 Å². The van der Waals surface area contributed by atoms with Gasteiger partial charge in [0, 0.05) is 16.3 Å². The van der Waals surface area contributed by atoms with Crippen molar-refractivity contribution >= 4 is 44.9 Å². The fourth-order valence-electron chi connectivity index (χ4n) is 6.87. The largest absolute Gasteiger partial charge is 0.455 e. The molecule has 0 aliphatic rings. The van der Waals surface area contributed by atoms with E-state index < -0.39 is 0 Å². The molecule has 8 aromatic rings. The van der Waals surface area contributed by atoms with Gasteiger partial charge in [0.2, 0.25) is 0 Å². The number of benzene rings is 7. The number of fused-ring (bicyclic) bond motifs is 4. The molecule has 7 aromatic carbocycles. The molecule has 0 unspecified atom stereocenters. The van der Waals surface area contributed by atoms with Crippen LogP contribution in [0.2, 0.25) is 0 Å². The van der Waals surface area contributed by atoms with Crippen molar-refractivity contribution in [1.29, 1.82) is 0 Å². The van der Waals surface area contributed by atoms with E-state index in [1.807, 2.05) is 24.3 Å². The first-order valence-corrected chi connectivity index (χ1v) is 15.3. The third kappa shape index (κ3) is 4.32. The smallest absolute Gasteiger partial charge is 0.143 e. The second-order valence-corrected chi connectivity index (χ2v) is 11.3. The van der Waals surface area contributed by atoms with Crippen molar-refractivity contribution in [2.75, 3.05) is 0 Å². The zero-order valence-electron chi connectivity index (χ0n) is 24.8. The molecular weight excluding hydrogens is 544 g/mol. The molecule has 1 aromatic heterocycles. The highest BCUT2D eigenvalue weighted by Gasteiger charge is 2.23. The van der Waals surface area contributed by atoms with Crippen molar-refractivity contribution in [3.63, 3.8) is 0 Å². The van der Waals surface area contributed by atoms with Gasteiger partial charge in [-0.05, 0) is 79.0 Å². The summed E-state index contributed by atoms with van der Waals surface area (Å²) in [6.45, 7) is 8.69. The molecule has 0 saturated heterocycles. The van der Waals surface area contributed by atoms with E-state index in [-0.39, 0.29) is 0 Å². The molecule has 0 N–H and O–H groups in total. The molecule has 0 fully saturated rings. The number of rotatable bonds is 6. The Morgan fingerprint density at radius 1 is 0.422 bits per heavy atom. The van der Waals surface area contributed by atoms with Gasteiger partial charge in [0.15, 0.2) is 0 Å². The molecule has 0 radical (unpaired) electrons. The summed E-state index contributed by atoms with van der Waals surface area (Å²) in [5.74, 6) is 0. The van der Waals surface area contributed by atoms with Gasteiger partial charge in [0.05, 0.1) is 0 Å². The van der Waals surface area contributed by atoms with Crippen LogP contribution in [-0.4, -0.2) is 0 Å².